The van der Waals surface area contributed by atoms with E-state index in [1.807, 2.05) is 38.4 Å². The summed E-state index contributed by atoms with van der Waals surface area (Å²) in [6, 6.07) is 7.79. The third kappa shape index (κ3) is 5.16. The van der Waals surface area contributed by atoms with Gasteiger partial charge in [0.1, 0.15) is 12.4 Å². The number of hydrogen-bond acceptors (Lipinski definition) is 3. The summed E-state index contributed by atoms with van der Waals surface area (Å²) < 4.78 is 6.60. The Morgan fingerprint density at radius 1 is 1.33 bits per heavy atom. The maximum Gasteiger partial charge on any atom is 0.119 e. The molecule has 15 heavy (non-hydrogen) atoms. The minimum Gasteiger partial charge on any atom is -0.492 e. The van der Waals surface area contributed by atoms with Crippen molar-refractivity contribution in [3.8, 4) is 5.75 Å². The van der Waals surface area contributed by atoms with E-state index >= 15 is 0 Å². The molecule has 0 aliphatic carbocycles. The molecule has 4 heteroatoms. The molecule has 0 bridgehead atoms. The van der Waals surface area contributed by atoms with E-state index in [4.69, 9.17) is 10.5 Å². The monoisotopic (exact) mass is 272 g/mol. The van der Waals surface area contributed by atoms with E-state index < -0.39 is 0 Å². The number of benzene rings is 1. The molecule has 3 nitrogen and oxygen atoms in total. The second-order valence-electron chi connectivity index (χ2n) is 3.79. The minimum absolute atomic E-state index is 0.0450. The lowest BCUT2D eigenvalue weighted by Gasteiger charge is -2.17. The van der Waals surface area contributed by atoms with Gasteiger partial charge in [-0.15, -0.1) is 0 Å². The first-order valence-corrected chi connectivity index (χ1v) is 5.66. The first-order chi connectivity index (χ1) is 7.08. The van der Waals surface area contributed by atoms with Crippen molar-refractivity contribution < 1.29 is 4.74 Å². The zero-order chi connectivity index (χ0) is 11.3. The van der Waals surface area contributed by atoms with Crippen molar-refractivity contribution in [2.45, 2.75) is 6.04 Å². The van der Waals surface area contributed by atoms with Gasteiger partial charge in [0.25, 0.3) is 0 Å². The van der Waals surface area contributed by atoms with E-state index in [0.29, 0.717) is 6.61 Å². The average molecular weight is 273 g/mol. The van der Waals surface area contributed by atoms with Gasteiger partial charge in [0.05, 0.1) is 6.04 Å². The van der Waals surface area contributed by atoms with Crippen LogP contribution in [-0.2, 0) is 0 Å². The van der Waals surface area contributed by atoms with Gasteiger partial charge in [-0.3, -0.25) is 0 Å². The maximum atomic E-state index is 5.88. The predicted molar refractivity (Wildman–Crippen MR) is 66.2 cm³/mol. The summed E-state index contributed by atoms with van der Waals surface area (Å²) in [5.41, 5.74) is 5.88. The molecular formula is C11H17BrN2O. The van der Waals surface area contributed by atoms with Crippen molar-refractivity contribution >= 4 is 15.9 Å². The largest absolute Gasteiger partial charge is 0.492 e. The summed E-state index contributed by atoms with van der Waals surface area (Å²) in [4.78, 5) is 2.05. The maximum absolute atomic E-state index is 5.88. The minimum atomic E-state index is 0.0450. The Morgan fingerprint density at radius 3 is 2.47 bits per heavy atom. The van der Waals surface area contributed by atoms with E-state index in [0.717, 1.165) is 16.8 Å². The highest BCUT2D eigenvalue weighted by Gasteiger charge is 2.04. The lowest BCUT2D eigenvalue weighted by molar-refractivity contribution is 0.254. The molecule has 1 unspecified atom stereocenters. The third-order valence-corrected chi connectivity index (χ3v) is 2.41. The molecule has 84 valence electrons. The Labute approximate surface area is 99.3 Å². The molecule has 1 aromatic rings. The highest BCUT2D eigenvalue weighted by molar-refractivity contribution is 9.10. The topological polar surface area (TPSA) is 38.5 Å². The summed E-state index contributed by atoms with van der Waals surface area (Å²) in [6.07, 6.45) is 0. The van der Waals surface area contributed by atoms with Crippen molar-refractivity contribution in [3.63, 3.8) is 0 Å². The van der Waals surface area contributed by atoms with Crippen LogP contribution in [0.2, 0.25) is 0 Å². The predicted octanol–water partition coefficient (Wildman–Crippen LogP) is 1.72. The van der Waals surface area contributed by atoms with Gasteiger partial charge in [0, 0.05) is 11.0 Å². The molecule has 0 aliphatic heterocycles. The number of nitrogens with two attached hydrogens (primary N) is 1. The second-order valence-corrected chi connectivity index (χ2v) is 4.70. The molecule has 0 aromatic heterocycles. The summed E-state index contributed by atoms with van der Waals surface area (Å²) >= 11 is 3.37. The van der Waals surface area contributed by atoms with E-state index in [9.17, 15) is 0 Å². The molecule has 0 heterocycles. The molecule has 1 rings (SSSR count). The zero-order valence-corrected chi connectivity index (χ0v) is 10.7. The van der Waals surface area contributed by atoms with Gasteiger partial charge in [-0.05, 0) is 38.4 Å². The van der Waals surface area contributed by atoms with Crippen molar-refractivity contribution in [3.05, 3.63) is 28.7 Å². The Hall–Kier alpha value is -0.580. The van der Waals surface area contributed by atoms with Crippen molar-refractivity contribution in [1.29, 1.82) is 0 Å². The number of likely N-dealkylation sites (N-methyl/N-ethyl adjacent to an activating group) is 1. The Balaban J connectivity index is 2.33. The smallest absolute Gasteiger partial charge is 0.119 e. The number of halogens is 1. The van der Waals surface area contributed by atoms with E-state index in [-0.39, 0.29) is 6.04 Å². The highest BCUT2D eigenvalue weighted by atomic mass is 79.9. The van der Waals surface area contributed by atoms with Crippen LogP contribution in [0.5, 0.6) is 5.75 Å². The van der Waals surface area contributed by atoms with Gasteiger partial charge in [-0.1, -0.05) is 15.9 Å². The standard InChI is InChI=1S/C11H17BrN2O/c1-14(2)7-10(13)8-15-11-5-3-9(12)4-6-11/h3-6,10H,7-8,13H2,1-2H3. The molecule has 0 amide bonds. The lowest BCUT2D eigenvalue weighted by Crippen LogP contribution is -2.37. The number of nitrogens with zero attached hydrogens (tertiary/aromatic N) is 1. The first-order valence-electron chi connectivity index (χ1n) is 4.86. The molecule has 1 atom stereocenters. The molecule has 0 saturated carbocycles. The summed E-state index contributed by atoms with van der Waals surface area (Å²) in [5.74, 6) is 0.854. The van der Waals surface area contributed by atoms with Crippen LogP contribution in [0.4, 0.5) is 0 Å². The molecule has 0 radical (unpaired) electrons. The van der Waals surface area contributed by atoms with Gasteiger partial charge in [0.2, 0.25) is 0 Å². The molecule has 0 fully saturated rings. The van der Waals surface area contributed by atoms with Gasteiger partial charge in [0.15, 0.2) is 0 Å². The van der Waals surface area contributed by atoms with Crippen LogP contribution in [0.3, 0.4) is 0 Å². The van der Waals surface area contributed by atoms with Crippen LogP contribution in [0, 0.1) is 0 Å². The molecular weight excluding hydrogens is 256 g/mol. The van der Waals surface area contributed by atoms with E-state index in [1.165, 1.54) is 0 Å². The second kappa shape index (κ2) is 6.10. The Kier molecular flexibility index (Phi) is 5.08. The highest BCUT2D eigenvalue weighted by Crippen LogP contribution is 2.15. The van der Waals surface area contributed by atoms with Crippen LogP contribution < -0.4 is 10.5 Å². The SMILES string of the molecule is CN(C)CC(N)COc1ccc(Br)cc1. The van der Waals surface area contributed by atoms with Gasteiger partial charge in [-0.2, -0.15) is 0 Å². The molecule has 0 saturated heterocycles. The van der Waals surface area contributed by atoms with E-state index in [2.05, 4.69) is 20.8 Å². The fraction of sp³-hybridized carbons (Fsp3) is 0.455. The van der Waals surface area contributed by atoms with Crippen LogP contribution in [0.1, 0.15) is 0 Å². The fourth-order valence-corrected chi connectivity index (χ4v) is 1.52. The Bertz CT molecular complexity index is 287. The van der Waals surface area contributed by atoms with Crippen LogP contribution >= 0.6 is 15.9 Å². The summed E-state index contributed by atoms with van der Waals surface area (Å²) in [5, 5.41) is 0. The molecule has 0 spiro atoms. The first kappa shape index (κ1) is 12.5. The number of ether oxygens (including phenoxy) is 1. The van der Waals surface area contributed by atoms with Crippen molar-refractivity contribution in [2.24, 2.45) is 5.73 Å². The normalized spacial score (nSPS) is 12.9. The lowest BCUT2D eigenvalue weighted by atomic mass is 10.3. The number of hydrogen-bond donors (Lipinski definition) is 1. The van der Waals surface area contributed by atoms with Crippen LogP contribution in [0.15, 0.2) is 28.7 Å². The van der Waals surface area contributed by atoms with Crippen LogP contribution in [0.25, 0.3) is 0 Å². The fourth-order valence-electron chi connectivity index (χ4n) is 1.26. The van der Waals surface area contributed by atoms with E-state index in [1.54, 1.807) is 0 Å². The van der Waals surface area contributed by atoms with Gasteiger partial charge < -0.3 is 15.4 Å². The quantitative estimate of drug-likeness (QED) is 0.887. The van der Waals surface area contributed by atoms with Gasteiger partial charge >= 0.3 is 0 Å². The van der Waals surface area contributed by atoms with Crippen molar-refractivity contribution in [2.75, 3.05) is 27.2 Å². The molecule has 0 aliphatic rings. The molecule has 2 N–H and O–H groups in total. The van der Waals surface area contributed by atoms with Crippen molar-refractivity contribution in [1.82, 2.24) is 4.90 Å². The third-order valence-electron chi connectivity index (χ3n) is 1.88. The van der Waals surface area contributed by atoms with Gasteiger partial charge in [-0.25, -0.2) is 0 Å². The summed E-state index contributed by atoms with van der Waals surface area (Å²) in [6.45, 7) is 1.37. The average Bonchev–Trinajstić information content (AvgIpc) is 2.16. The van der Waals surface area contributed by atoms with Crippen LogP contribution in [-0.4, -0.2) is 38.2 Å². The Morgan fingerprint density at radius 2 is 1.93 bits per heavy atom. The number of rotatable bonds is 5. The zero-order valence-electron chi connectivity index (χ0n) is 9.11. The summed E-state index contributed by atoms with van der Waals surface area (Å²) in [7, 11) is 4.00. The molecule has 1 aromatic carbocycles.